The van der Waals surface area contributed by atoms with Crippen LogP contribution in [0.5, 0.6) is 0 Å². The number of nitrogen functional groups attached to an aromatic ring is 1. The van der Waals surface area contributed by atoms with Crippen molar-refractivity contribution in [2.45, 2.75) is 0 Å². The van der Waals surface area contributed by atoms with Crippen LogP contribution < -0.4 is 5.73 Å². The lowest BCUT2D eigenvalue weighted by Crippen LogP contribution is -1.93. The van der Waals surface area contributed by atoms with Gasteiger partial charge in [-0.1, -0.05) is 11.6 Å². The monoisotopic (exact) mass is 233 g/mol. The molecule has 58 valence electrons. The number of anilines is 1. The number of carbonyl (C=O) groups is 1. The number of halogens is 2. The standard InChI is InChI=1S/C7H5BrClNO/c8-6-1-4(9)2-7(10)5(6)3-11/h1-3H,10H2. The predicted molar refractivity (Wildman–Crippen MR) is 49.0 cm³/mol. The molecule has 1 aromatic carbocycles. The van der Waals surface area contributed by atoms with E-state index in [1.807, 2.05) is 0 Å². The van der Waals surface area contributed by atoms with Crippen LogP contribution >= 0.6 is 27.5 Å². The zero-order chi connectivity index (χ0) is 8.43. The lowest BCUT2D eigenvalue weighted by molar-refractivity contribution is 0.112. The Balaban J connectivity index is 3.36. The summed E-state index contributed by atoms with van der Waals surface area (Å²) in [6.07, 6.45) is 0.690. The molecule has 0 unspecified atom stereocenters. The van der Waals surface area contributed by atoms with Crippen molar-refractivity contribution in [1.82, 2.24) is 0 Å². The van der Waals surface area contributed by atoms with Crippen molar-refractivity contribution >= 4 is 39.5 Å². The topological polar surface area (TPSA) is 43.1 Å². The van der Waals surface area contributed by atoms with E-state index in [0.29, 0.717) is 27.0 Å². The third kappa shape index (κ3) is 1.73. The fourth-order valence-electron chi connectivity index (χ4n) is 0.729. The van der Waals surface area contributed by atoms with E-state index < -0.39 is 0 Å². The highest BCUT2D eigenvalue weighted by Gasteiger charge is 2.03. The van der Waals surface area contributed by atoms with Gasteiger partial charge in [-0.3, -0.25) is 4.79 Å². The lowest BCUT2D eigenvalue weighted by Gasteiger charge is -2.00. The average Bonchev–Trinajstić information content (AvgIpc) is 1.85. The van der Waals surface area contributed by atoms with Gasteiger partial charge in [0.05, 0.1) is 5.56 Å². The maximum Gasteiger partial charge on any atom is 0.153 e. The van der Waals surface area contributed by atoms with Gasteiger partial charge in [-0.25, -0.2) is 0 Å². The normalized spacial score (nSPS) is 9.64. The summed E-state index contributed by atoms with van der Waals surface area (Å²) in [6.45, 7) is 0. The molecule has 0 saturated carbocycles. The van der Waals surface area contributed by atoms with Gasteiger partial charge < -0.3 is 5.73 Å². The molecule has 2 N–H and O–H groups in total. The number of hydrogen-bond acceptors (Lipinski definition) is 2. The van der Waals surface area contributed by atoms with Crippen LogP contribution in [-0.2, 0) is 0 Å². The fourth-order valence-corrected chi connectivity index (χ4v) is 1.66. The van der Waals surface area contributed by atoms with E-state index in [1.165, 1.54) is 6.07 Å². The van der Waals surface area contributed by atoms with Crippen LogP contribution in [0, 0.1) is 0 Å². The molecule has 0 heterocycles. The predicted octanol–water partition coefficient (Wildman–Crippen LogP) is 2.50. The minimum absolute atomic E-state index is 0.388. The minimum Gasteiger partial charge on any atom is -0.398 e. The molecule has 2 nitrogen and oxygen atoms in total. The average molecular weight is 234 g/mol. The smallest absolute Gasteiger partial charge is 0.153 e. The Morgan fingerprint density at radius 3 is 2.64 bits per heavy atom. The van der Waals surface area contributed by atoms with Gasteiger partial charge in [-0.2, -0.15) is 0 Å². The SMILES string of the molecule is Nc1cc(Cl)cc(Br)c1C=O. The molecule has 0 radical (unpaired) electrons. The van der Waals surface area contributed by atoms with E-state index in [-0.39, 0.29) is 0 Å². The summed E-state index contributed by atoms with van der Waals surface area (Å²) in [6, 6.07) is 3.16. The first-order valence-electron chi connectivity index (χ1n) is 2.85. The van der Waals surface area contributed by atoms with Gasteiger partial charge in [0.2, 0.25) is 0 Å². The highest BCUT2D eigenvalue weighted by atomic mass is 79.9. The second kappa shape index (κ2) is 3.24. The largest absolute Gasteiger partial charge is 0.398 e. The van der Waals surface area contributed by atoms with E-state index in [2.05, 4.69) is 15.9 Å². The third-order valence-corrected chi connectivity index (χ3v) is 2.12. The first kappa shape index (κ1) is 8.56. The van der Waals surface area contributed by atoms with Crippen molar-refractivity contribution in [1.29, 1.82) is 0 Å². The Bertz CT molecular complexity index is 277. The first-order chi connectivity index (χ1) is 5.15. The van der Waals surface area contributed by atoms with Crippen LogP contribution in [0.4, 0.5) is 5.69 Å². The quantitative estimate of drug-likeness (QED) is 0.599. The fraction of sp³-hybridized carbons (Fsp3) is 0. The Kier molecular flexibility index (Phi) is 2.52. The van der Waals surface area contributed by atoms with E-state index in [1.54, 1.807) is 6.07 Å². The highest BCUT2D eigenvalue weighted by molar-refractivity contribution is 9.10. The molecule has 0 aliphatic carbocycles. The van der Waals surface area contributed by atoms with Crippen LogP contribution in [0.25, 0.3) is 0 Å². The van der Waals surface area contributed by atoms with Crippen molar-refractivity contribution in [3.05, 3.63) is 27.2 Å². The maximum absolute atomic E-state index is 10.4. The van der Waals surface area contributed by atoms with Gasteiger partial charge >= 0.3 is 0 Å². The lowest BCUT2D eigenvalue weighted by atomic mass is 10.2. The molecule has 4 heteroatoms. The van der Waals surface area contributed by atoms with Crippen molar-refractivity contribution in [2.24, 2.45) is 0 Å². The van der Waals surface area contributed by atoms with Crippen molar-refractivity contribution in [3.63, 3.8) is 0 Å². The van der Waals surface area contributed by atoms with Crippen molar-refractivity contribution < 1.29 is 4.79 Å². The minimum atomic E-state index is 0.388. The molecule has 0 saturated heterocycles. The summed E-state index contributed by atoms with van der Waals surface area (Å²) in [4.78, 5) is 10.4. The number of nitrogens with two attached hydrogens (primary N) is 1. The van der Waals surface area contributed by atoms with E-state index >= 15 is 0 Å². The summed E-state index contributed by atoms with van der Waals surface area (Å²) in [7, 11) is 0. The number of aldehydes is 1. The zero-order valence-electron chi connectivity index (χ0n) is 5.47. The number of hydrogen-bond donors (Lipinski definition) is 1. The summed E-state index contributed by atoms with van der Waals surface area (Å²) in [5.41, 5.74) is 6.31. The summed E-state index contributed by atoms with van der Waals surface area (Å²) < 4.78 is 0.623. The van der Waals surface area contributed by atoms with E-state index in [4.69, 9.17) is 17.3 Å². The molecule has 0 aromatic heterocycles. The number of rotatable bonds is 1. The molecule has 0 atom stereocenters. The summed E-state index contributed by atoms with van der Waals surface area (Å²) in [5, 5.41) is 0.514. The van der Waals surface area contributed by atoms with Crippen LogP contribution in [0.3, 0.4) is 0 Å². The highest BCUT2D eigenvalue weighted by Crippen LogP contribution is 2.25. The third-order valence-electron chi connectivity index (χ3n) is 1.24. The second-order valence-electron chi connectivity index (χ2n) is 2.01. The first-order valence-corrected chi connectivity index (χ1v) is 4.02. The summed E-state index contributed by atoms with van der Waals surface area (Å²) in [5.74, 6) is 0. The Hall–Kier alpha value is -0.540. The molecule has 0 aliphatic rings. The van der Waals surface area contributed by atoms with E-state index in [9.17, 15) is 4.79 Å². The van der Waals surface area contributed by atoms with Gasteiger partial charge in [-0.05, 0) is 28.1 Å². The van der Waals surface area contributed by atoms with Crippen LogP contribution in [0.15, 0.2) is 16.6 Å². The van der Waals surface area contributed by atoms with Gasteiger partial charge in [0.25, 0.3) is 0 Å². The van der Waals surface area contributed by atoms with Crippen molar-refractivity contribution in [2.75, 3.05) is 5.73 Å². The molecule has 0 fully saturated rings. The molecule has 1 aromatic rings. The molecule has 0 amide bonds. The number of carbonyl (C=O) groups excluding carboxylic acids is 1. The van der Waals surface area contributed by atoms with Gasteiger partial charge in [-0.15, -0.1) is 0 Å². The zero-order valence-corrected chi connectivity index (χ0v) is 7.82. The van der Waals surface area contributed by atoms with Crippen LogP contribution in [0.2, 0.25) is 5.02 Å². The molecule has 0 aliphatic heterocycles. The Labute approximate surface area is 77.5 Å². The van der Waals surface area contributed by atoms with Crippen molar-refractivity contribution in [3.8, 4) is 0 Å². The maximum atomic E-state index is 10.4. The molecular weight excluding hydrogens is 229 g/mol. The Morgan fingerprint density at radius 1 is 1.55 bits per heavy atom. The van der Waals surface area contributed by atoms with Crippen LogP contribution in [-0.4, -0.2) is 6.29 Å². The number of benzene rings is 1. The van der Waals surface area contributed by atoms with Crippen LogP contribution in [0.1, 0.15) is 10.4 Å². The molecular formula is C7H5BrClNO. The summed E-state index contributed by atoms with van der Waals surface area (Å²) >= 11 is 8.82. The molecule has 1 rings (SSSR count). The van der Waals surface area contributed by atoms with Gasteiger partial charge in [0.15, 0.2) is 6.29 Å². The van der Waals surface area contributed by atoms with Gasteiger partial charge in [0.1, 0.15) is 0 Å². The molecule has 11 heavy (non-hydrogen) atoms. The van der Waals surface area contributed by atoms with E-state index in [0.717, 1.165) is 0 Å². The Morgan fingerprint density at radius 2 is 2.18 bits per heavy atom. The molecule has 0 spiro atoms. The second-order valence-corrected chi connectivity index (χ2v) is 3.30. The van der Waals surface area contributed by atoms with Gasteiger partial charge in [0, 0.05) is 15.2 Å². The molecule has 0 bridgehead atoms.